The lowest BCUT2D eigenvalue weighted by atomic mass is 9.95. The molecular weight excluding hydrogens is 371 g/mol. The van der Waals surface area contributed by atoms with Crippen molar-refractivity contribution >= 4 is 5.97 Å². The fraction of sp³-hybridized carbons (Fsp3) is 0.458. The Kier molecular flexibility index (Phi) is 4.49. The standard InChI is InChI=1S/C24H25FO4/c25-19-9-17-13-24(7-1-2-8-24)29-23(17)18(10-19)14-28-20-5-6-21-15(11-20)3-4-16(21)12-22(26)27/h5-6,9-11,16H,1-4,7-8,12-14H2,(H,26,27). The number of hydrogen-bond acceptors (Lipinski definition) is 3. The molecule has 2 aromatic carbocycles. The summed E-state index contributed by atoms with van der Waals surface area (Å²) in [5.41, 5.74) is 3.83. The summed E-state index contributed by atoms with van der Waals surface area (Å²) in [5, 5.41) is 9.07. The van der Waals surface area contributed by atoms with Gasteiger partial charge in [0.25, 0.3) is 0 Å². The second kappa shape index (κ2) is 7.05. The fourth-order valence-electron chi connectivity index (χ4n) is 5.34. The molecule has 5 heteroatoms. The molecule has 29 heavy (non-hydrogen) atoms. The molecule has 4 nitrogen and oxygen atoms in total. The first kappa shape index (κ1) is 18.5. The summed E-state index contributed by atoms with van der Waals surface area (Å²) in [7, 11) is 0. The van der Waals surface area contributed by atoms with Crippen molar-refractivity contribution in [3.05, 3.63) is 58.4 Å². The number of aryl methyl sites for hydroxylation is 1. The van der Waals surface area contributed by atoms with Gasteiger partial charge in [0.05, 0.1) is 6.42 Å². The lowest BCUT2D eigenvalue weighted by Crippen LogP contribution is -2.30. The minimum atomic E-state index is -0.761. The van der Waals surface area contributed by atoms with E-state index in [4.69, 9.17) is 14.6 Å². The Labute approximate surface area is 169 Å². The van der Waals surface area contributed by atoms with E-state index in [2.05, 4.69) is 0 Å². The maximum absolute atomic E-state index is 14.2. The third-order valence-corrected chi connectivity index (χ3v) is 6.69. The molecule has 0 amide bonds. The van der Waals surface area contributed by atoms with Gasteiger partial charge in [-0.3, -0.25) is 4.79 Å². The first-order valence-electron chi connectivity index (χ1n) is 10.5. The second-order valence-electron chi connectivity index (χ2n) is 8.70. The van der Waals surface area contributed by atoms with E-state index in [0.29, 0.717) is 0 Å². The molecule has 1 atom stereocenters. The summed E-state index contributed by atoms with van der Waals surface area (Å²) < 4.78 is 26.5. The molecule has 1 fully saturated rings. The van der Waals surface area contributed by atoms with Crippen molar-refractivity contribution in [3.63, 3.8) is 0 Å². The highest BCUT2D eigenvalue weighted by molar-refractivity contribution is 5.68. The minimum absolute atomic E-state index is 0.0824. The van der Waals surface area contributed by atoms with Gasteiger partial charge in [-0.05, 0) is 79.8 Å². The van der Waals surface area contributed by atoms with E-state index < -0.39 is 5.97 Å². The zero-order valence-electron chi connectivity index (χ0n) is 16.4. The van der Waals surface area contributed by atoms with Crippen LogP contribution in [0.5, 0.6) is 11.5 Å². The van der Waals surface area contributed by atoms with Crippen LogP contribution in [0.1, 0.15) is 66.7 Å². The van der Waals surface area contributed by atoms with Gasteiger partial charge in [0.1, 0.15) is 29.5 Å². The van der Waals surface area contributed by atoms with Crippen LogP contribution in [0.15, 0.2) is 30.3 Å². The quantitative estimate of drug-likeness (QED) is 0.759. The van der Waals surface area contributed by atoms with Crippen LogP contribution in [0.3, 0.4) is 0 Å². The largest absolute Gasteiger partial charge is 0.489 e. The van der Waals surface area contributed by atoms with E-state index >= 15 is 0 Å². The van der Waals surface area contributed by atoms with Gasteiger partial charge < -0.3 is 14.6 Å². The van der Waals surface area contributed by atoms with Crippen LogP contribution in [-0.4, -0.2) is 16.7 Å². The molecule has 1 unspecified atom stereocenters. The van der Waals surface area contributed by atoms with E-state index in [1.807, 2.05) is 18.2 Å². The maximum atomic E-state index is 14.2. The number of benzene rings is 2. The zero-order valence-corrected chi connectivity index (χ0v) is 16.4. The van der Waals surface area contributed by atoms with Crippen LogP contribution in [0.2, 0.25) is 0 Å². The topological polar surface area (TPSA) is 55.8 Å². The predicted molar refractivity (Wildman–Crippen MR) is 106 cm³/mol. The normalized spacial score (nSPS) is 21.1. The molecule has 0 bridgehead atoms. The van der Waals surface area contributed by atoms with Crippen molar-refractivity contribution in [2.45, 2.75) is 69.5 Å². The molecule has 1 saturated carbocycles. The number of aliphatic carboxylic acids is 1. The van der Waals surface area contributed by atoms with E-state index in [1.54, 1.807) is 6.07 Å². The smallest absolute Gasteiger partial charge is 0.303 e. The monoisotopic (exact) mass is 396 g/mol. The average Bonchev–Trinajstić information content (AvgIpc) is 3.39. The molecular formula is C24H25FO4. The van der Waals surface area contributed by atoms with Crippen molar-refractivity contribution in [1.29, 1.82) is 0 Å². The zero-order chi connectivity index (χ0) is 20.0. The molecule has 1 spiro atoms. The molecule has 3 aliphatic rings. The van der Waals surface area contributed by atoms with Gasteiger partial charge in [-0.1, -0.05) is 6.07 Å². The summed E-state index contributed by atoms with van der Waals surface area (Å²) in [6.07, 6.45) is 7.08. The van der Waals surface area contributed by atoms with E-state index in [0.717, 1.165) is 65.9 Å². The summed E-state index contributed by atoms with van der Waals surface area (Å²) in [5.74, 6) is 0.607. The van der Waals surface area contributed by atoms with Crippen LogP contribution in [-0.2, 0) is 24.2 Å². The second-order valence-corrected chi connectivity index (χ2v) is 8.70. The number of carbonyl (C=O) groups is 1. The molecule has 0 radical (unpaired) electrons. The highest BCUT2D eigenvalue weighted by atomic mass is 19.1. The Balaban J connectivity index is 1.33. The number of fused-ring (bicyclic) bond motifs is 2. The molecule has 2 aliphatic carbocycles. The van der Waals surface area contributed by atoms with Crippen molar-refractivity contribution < 1.29 is 23.8 Å². The third kappa shape index (κ3) is 3.47. The van der Waals surface area contributed by atoms with Gasteiger partial charge in [0.15, 0.2) is 0 Å². The molecule has 1 aliphatic heterocycles. The number of hydrogen-bond donors (Lipinski definition) is 1. The number of carboxylic acid groups (broad SMARTS) is 1. The Bertz CT molecular complexity index is 962. The van der Waals surface area contributed by atoms with Crippen LogP contribution >= 0.6 is 0 Å². The Morgan fingerprint density at radius 2 is 2.03 bits per heavy atom. The van der Waals surface area contributed by atoms with Crippen molar-refractivity contribution in [2.75, 3.05) is 0 Å². The molecule has 0 saturated heterocycles. The van der Waals surface area contributed by atoms with Crippen molar-refractivity contribution in [3.8, 4) is 11.5 Å². The van der Waals surface area contributed by atoms with Crippen molar-refractivity contribution in [2.24, 2.45) is 0 Å². The van der Waals surface area contributed by atoms with Crippen LogP contribution in [0.4, 0.5) is 4.39 Å². The lowest BCUT2D eigenvalue weighted by molar-refractivity contribution is -0.137. The molecule has 2 aromatic rings. The number of carboxylic acids is 1. The lowest BCUT2D eigenvalue weighted by Gasteiger charge is -2.23. The first-order valence-corrected chi connectivity index (χ1v) is 10.5. The minimum Gasteiger partial charge on any atom is -0.489 e. The Hall–Kier alpha value is -2.56. The summed E-state index contributed by atoms with van der Waals surface area (Å²) in [4.78, 5) is 11.0. The summed E-state index contributed by atoms with van der Waals surface area (Å²) in [6, 6.07) is 8.98. The van der Waals surface area contributed by atoms with E-state index in [9.17, 15) is 9.18 Å². The highest BCUT2D eigenvalue weighted by Gasteiger charge is 2.42. The van der Waals surface area contributed by atoms with Gasteiger partial charge in [-0.25, -0.2) is 4.39 Å². The predicted octanol–water partition coefficient (Wildman–Crippen LogP) is 5.16. The maximum Gasteiger partial charge on any atom is 0.303 e. The molecule has 1 N–H and O–H groups in total. The molecule has 5 rings (SSSR count). The van der Waals surface area contributed by atoms with Crippen LogP contribution < -0.4 is 9.47 Å². The van der Waals surface area contributed by atoms with E-state index in [-0.39, 0.29) is 30.4 Å². The average molecular weight is 396 g/mol. The van der Waals surface area contributed by atoms with Gasteiger partial charge >= 0.3 is 5.97 Å². The van der Waals surface area contributed by atoms with Gasteiger partial charge in [0, 0.05) is 17.5 Å². The Morgan fingerprint density at radius 1 is 1.21 bits per heavy atom. The SMILES string of the molecule is O=C(O)CC1CCc2cc(OCc3cc(F)cc4c3OC3(CCCC3)C4)ccc21. The van der Waals surface area contributed by atoms with E-state index in [1.165, 1.54) is 18.9 Å². The van der Waals surface area contributed by atoms with Crippen molar-refractivity contribution in [1.82, 2.24) is 0 Å². The summed E-state index contributed by atoms with van der Waals surface area (Å²) in [6.45, 7) is 0.257. The molecule has 1 heterocycles. The molecule has 0 aromatic heterocycles. The first-order chi connectivity index (χ1) is 14.0. The molecule has 152 valence electrons. The van der Waals surface area contributed by atoms with Gasteiger partial charge in [0.2, 0.25) is 0 Å². The number of ether oxygens (including phenoxy) is 2. The van der Waals surface area contributed by atoms with Gasteiger partial charge in [-0.2, -0.15) is 0 Å². The highest BCUT2D eigenvalue weighted by Crippen LogP contribution is 2.46. The van der Waals surface area contributed by atoms with Crippen LogP contribution in [0.25, 0.3) is 0 Å². The number of halogens is 1. The summed E-state index contributed by atoms with van der Waals surface area (Å²) >= 11 is 0. The van der Waals surface area contributed by atoms with Gasteiger partial charge in [-0.15, -0.1) is 0 Å². The Morgan fingerprint density at radius 3 is 2.83 bits per heavy atom. The van der Waals surface area contributed by atoms with Crippen LogP contribution in [0, 0.1) is 5.82 Å². The fourth-order valence-corrected chi connectivity index (χ4v) is 5.34. The third-order valence-electron chi connectivity index (χ3n) is 6.69. The number of rotatable bonds is 5.